The molecular weight excluding hydrogens is 284 g/mol. The van der Waals surface area contributed by atoms with Gasteiger partial charge >= 0.3 is 0 Å². The van der Waals surface area contributed by atoms with Gasteiger partial charge in [0.15, 0.2) is 0 Å². The van der Waals surface area contributed by atoms with Crippen LogP contribution >= 0.6 is 0 Å². The zero-order chi connectivity index (χ0) is 15.7. The Hall–Kier alpha value is -2.83. The molecule has 7 nitrogen and oxygen atoms in total. The summed E-state index contributed by atoms with van der Waals surface area (Å²) in [6, 6.07) is 5.24. The molecule has 114 valence electrons. The summed E-state index contributed by atoms with van der Waals surface area (Å²) in [5.74, 6) is 0.453. The number of carbonyl (C=O) groups excluding carboxylic acids is 1. The van der Waals surface area contributed by atoms with Crippen LogP contribution in [-0.2, 0) is 0 Å². The first-order valence-corrected chi connectivity index (χ1v) is 6.92. The third-order valence-electron chi connectivity index (χ3n) is 2.96. The van der Waals surface area contributed by atoms with Crippen molar-refractivity contribution in [2.24, 2.45) is 0 Å². The molecule has 0 unspecified atom stereocenters. The fourth-order valence-electron chi connectivity index (χ4n) is 2.06. The number of rotatable bonds is 4. The summed E-state index contributed by atoms with van der Waals surface area (Å²) >= 11 is 0. The number of hydrogen-bond donors (Lipinski definition) is 2. The molecule has 0 aromatic carbocycles. The van der Waals surface area contributed by atoms with Crippen LogP contribution in [0.25, 0.3) is 11.0 Å². The van der Waals surface area contributed by atoms with Gasteiger partial charge in [-0.2, -0.15) is 0 Å². The van der Waals surface area contributed by atoms with E-state index in [1.54, 1.807) is 25.3 Å². The van der Waals surface area contributed by atoms with E-state index in [0.717, 1.165) is 5.52 Å². The second-order valence-electron chi connectivity index (χ2n) is 5.20. The van der Waals surface area contributed by atoms with E-state index in [-0.39, 0.29) is 12.0 Å². The normalized spacial score (nSPS) is 11.1. The average molecular weight is 300 g/mol. The minimum absolute atomic E-state index is 0.0123. The highest BCUT2D eigenvalue weighted by Gasteiger charge is 2.16. The maximum absolute atomic E-state index is 12.3. The summed E-state index contributed by atoms with van der Waals surface area (Å²) in [4.78, 5) is 19.7. The molecule has 0 aliphatic carbocycles. The molecule has 0 aliphatic heterocycles. The van der Waals surface area contributed by atoms with E-state index < -0.39 is 0 Å². The molecule has 0 spiro atoms. The number of nitrogens with zero attached hydrogens (tertiary/aromatic N) is 2. The predicted molar refractivity (Wildman–Crippen MR) is 81.1 cm³/mol. The average Bonchev–Trinajstić information content (AvgIpc) is 3.04. The molecule has 0 saturated heterocycles. The fourth-order valence-corrected chi connectivity index (χ4v) is 2.06. The van der Waals surface area contributed by atoms with Gasteiger partial charge in [-0.1, -0.05) is 5.16 Å². The third-order valence-corrected chi connectivity index (χ3v) is 2.96. The molecule has 22 heavy (non-hydrogen) atoms. The number of pyridine rings is 1. The van der Waals surface area contributed by atoms with E-state index in [4.69, 9.17) is 9.26 Å². The van der Waals surface area contributed by atoms with Gasteiger partial charge in [-0.15, -0.1) is 0 Å². The van der Waals surface area contributed by atoms with Gasteiger partial charge in [-0.3, -0.25) is 10.1 Å². The lowest BCUT2D eigenvalue weighted by atomic mass is 10.2. The quantitative estimate of drug-likeness (QED) is 0.772. The van der Waals surface area contributed by atoms with Crippen molar-refractivity contribution in [3.8, 4) is 5.88 Å². The number of aromatic amines is 1. The molecule has 7 heteroatoms. The number of H-pyrrole nitrogens is 1. The second kappa shape index (κ2) is 5.51. The number of aromatic nitrogens is 3. The molecule has 0 atom stereocenters. The molecule has 2 N–H and O–H groups in total. The number of amides is 1. The molecule has 0 saturated carbocycles. The Bertz CT molecular complexity index is 819. The minimum Gasteiger partial charge on any atom is -0.475 e. The highest BCUT2D eigenvalue weighted by molar-refractivity contribution is 6.11. The predicted octanol–water partition coefficient (Wildman–Crippen LogP) is 2.90. The summed E-state index contributed by atoms with van der Waals surface area (Å²) in [5, 5.41) is 6.38. The van der Waals surface area contributed by atoms with E-state index in [2.05, 4.69) is 20.4 Å². The van der Waals surface area contributed by atoms with E-state index in [9.17, 15) is 4.79 Å². The lowest BCUT2D eigenvalue weighted by Gasteiger charge is -2.08. The van der Waals surface area contributed by atoms with Crippen molar-refractivity contribution in [3.05, 3.63) is 35.7 Å². The highest BCUT2D eigenvalue weighted by atomic mass is 16.5. The Morgan fingerprint density at radius 3 is 2.91 bits per heavy atom. The van der Waals surface area contributed by atoms with Crippen molar-refractivity contribution >= 4 is 22.8 Å². The molecule has 3 aromatic heterocycles. The van der Waals surface area contributed by atoms with Crippen molar-refractivity contribution in [1.29, 1.82) is 0 Å². The summed E-state index contributed by atoms with van der Waals surface area (Å²) in [7, 11) is 0. The summed E-state index contributed by atoms with van der Waals surface area (Å²) in [6.45, 7) is 5.62. The Kier molecular flexibility index (Phi) is 3.54. The van der Waals surface area contributed by atoms with Crippen molar-refractivity contribution in [3.63, 3.8) is 0 Å². The fraction of sp³-hybridized carbons (Fsp3) is 0.267. The lowest BCUT2D eigenvalue weighted by molar-refractivity contribution is 0.102. The van der Waals surface area contributed by atoms with Crippen molar-refractivity contribution < 1.29 is 14.1 Å². The standard InChI is InChI=1S/C15H16N4O3/c1-8(2)21-12-5-4-11-14(17-12)10(7-16-11)15(20)18-13-6-9(3)19-22-13/h4-8,16H,1-3H3,(H,18,20). The zero-order valence-corrected chi connectivity index (χ0v) is 12.5. The molecule has 0 radical (unpaired) electrons. The van der Waals surface area contributed by atoms with Gasteiger partial charge in [-0.05, 0) is 26.8 Å². The number of fused-ring (bicyclic) bond motifs is 1. The van der Waals surface area contributed by atoms with Crippen LogP contribution in [-0.4, -0.2) is 27.1 Å². The van der Waals surface area contributed by atoms with Crippen molar-refractivity contribution in [1.82, 2.24) is 15.1 Å². The van der Waals surface area contributed by atoms with Gasteiger partial charge in [0.2, 0.25) is 11.8 Å². The molecule has 0 aliphatic rings. The van der Waals surface area contributed by atoms with E-state index in [0.29, 0.717) is 28.5 Å². The Balaban J connectivity index is 1.90. The first-order valence-electron chi connectivity index (χ1n) is 6.92. The van der Waals surface area contributed by atoms with Crippen LogP contribution in [0.2, 0.25) is 0 Å². The number of hydrogen-bond acceptors (Lipinski definition) is 5. The lowest BCUT2D eigenvalue weighted by Crippen LogP contribution is -2.11. The summed E-state index contributed by atoms with van der Waals surface area (Å²) in [6.07, 6.45) is 1.62. The van der Waals surface area contributed by atoms with E-state index in [1.165, 1.54) is 0 Å². The first-order chi connectivity index (χ1) is 10.5. The molecule has 0 fully saturated rings. The van der Waals surface area contributed by atoms with Gasteiger partial charge in [-0.25, -0.2) is 4.98 Å². The van der Waals surface area contributed by atoms with Gasteiger partial charge in [0, 0.05) is 18.3 Å². The maximum Gasteiger partial charge on any atom is 0.261 e. The number of anilines is 1. The monoisotopic (exact) mass is 300 g/mol. The van der Waals surface area contributed by atoms with Crippen LogP contribution in [0.4, 0.5) is 5.88 Å². The highest BCUT2D eigenvalue weighted by Crippen LogP contribution is 2.21. The molecular formula is C15H16N4O3. The largest absolute Gasteiger partial charge is 0.475 e. The van der Waals surface area contributed by atoms with Crippen molar-refractivity contribution in [2.75, 3.05) is 5.32 Å². The van der Waals surface area contributed by atoms with Gasteiger partial charge in [0.25, 0.3) is 5.91 Å². The van der Waals surface area contributed by atoms with Crippen LogP contribution in [0.3, 0.4) is 0 Å². The topological polar surface area (TPSA) is 93.0 Å². The number of ether oxygens (including phenoxy) is 1. The van der Waals surface area contributed by atoms with Gasteiger partial charge < -0.3 is 14.2 Å². The van der Waals surface area contributed by atoms with Crippen LogP contribution in [0, 0.1) is 6.92 Å². The van der Waals surface area contributed by atoms with Gasteiger partial charge in [0.1, 0.15) is 5.52 Å². The molecule has 3 rings (SSSR count). The van der Waals surface area contributed by atoms with E-state index in [1.807, 2.05) is 19.9 Å². The maximum atomic E-state index is 12.3. The Labute approximate surface area is 126 Å². The Morgan fingerprint density at radius 1 is 1.41 bits per heavy atom. The Morgan fingerprint density at radius 2 is 2.23 bits per heavy atom. The van der Waals surface area contributed by atoms with Gasteiger partial charge in [0.05, 0.1) is 22.9 Å². The molecule has 1 amide bonds. The zero-order valence-electron chi connectivity index (χ0n) is 12.5. The number of nitrogens with one attached hydrogen (secondary N) is 2. The van der Waals surface area contributed by atoms with Crippen molar-refractivity contribution in [2.45, 2.75) is 26.9 Å². The molecule has 0 bridgehead atoms. The number of carbonyl (C=O) groups is 1. The number of aryl methyl sites for hydroxylation is 1. The van der Waals surface area contributed by atoms with Crippen LogP contribution in [0.5, 0.6) is 5.88 Å². The summed E-state index contributed by atoms with van der Waals surface area (Å²) < 4.78 is 10.5. The second-order valence-corrected chi connectivity index (χ2v) is 5.20. The summed E-state index contributed by atoms with van der Waals surface area (Å²) in [5.41, 5.74) is 2.42. The van der Waals surface area contributed by atoms with Crippen LogP contribution < -0.4 is 10.1 Å². The van der Waals surface area contributed by atoms with Crippen LogP contribution in [0.1, 0.15) is 29.9 Å². The first kappa shape index (κ1) is 14.1. The minimum atomic E-state index is -0.323. The van der Waals surface area contributed by atoms with E-state index >= 15 is 0 Å². The molecule has 3 heterocycles. The SMILES string of the molecule is Cc1cc(NC(=O)c2c[nH]c3ccc(OC(C)C)nc23)on1. The van der Waals surface area contributed by atoms with Crippen LogP contribution in [0.15, 0.2) is 28.9 Å². The molecule has 3 aromatic rings. The smallest absolute Gasteiger partial charge is 0.261 e. The third kappa shape index (κ3) is 2.78.